The van der Waals surface area contributed by atoms with Crippen molar-refractivity contribution >= 4 is 10.8 Å². The van der Waals surface area contributed by atoms with Crippen LogP contribution in [0.1, 0.15) is 108 Å². The molecule has 244 valence electrons. The molecule has 0 saturated heterocycles. The summed E-state index contributed by atoms with van der Waals surface area (Å²) < 4.78 is 0. The van der Waals surface area contributed by atoms with Crippen LogP contribution in [-0.4, -0.2) is 0 Å². The summed E-state index contributed by atoms with van der Waals surface area (Å²) in [6, 6.07) is 44.7. The molecule has 5 rings (SSSR count). The first kappa shape index (κ1) is 47.3. The second kappa shape index (κ2) is 33.9. The number of rotatable bonds is 4. The lowest BCUT2D eigenvalue weighted by Crippen LogP contribution is -1.81. The summed E-state index contributed by atoms with van der Waals surface area (Å²) in [7, 11) is 0. The van der Waals surface area contributed by atoms with E-state index in [1.54, 1.807) is 0 Å². The van der Waals surface area contributed by atoms with Crippen molar-refractivity contribution in [1.82, 2.24) is 0 Å². The van der Waals surface area contributed by atoms with Gasteiger partial charge in [0.1, 0.15) is 0 Å². The standard InChI is InChI=1S/C14H14.C12H12.C8H10.4C2H6.2CH4/c1-2-12-8-10-14(11-9-12)13-6-4-3-5-7-13;1-2-10-7-5-8-11-6-3-4-9-12(10)11;1-2-8-6-4-3-5-7-8;4*1-2;;/h3-11H,2H2,1H3;3-9H,2H2,1H3;3-7H,2H2,1H3;4*1-2H3;2*1H4. The van der Waals surface area contributed by atoms with Crippen molar-refractivity contribution in [2.24, 2.45) is 0 Å². The van der Waals surface area contributed by atoms with E-state index in [0.717, 1.165) is 19.3 Å². The van der Waals surface area contributed by atoms with Crippen LogP contribution in [0, 0.1) is 0 Å². The van der Waals surface area contributed by atoms with Gasteiger partial charge in [-0.3, -0.25) is 0 Å². The molecule has 0 fully saturated rings. The molecule has 5 aromatic rings. The van der Waals surface area contributed by atoms with Gasteiger partial charge in [0.05, 0.1) is 0 Å². The molecule has 0 unspecified atom stereocenters. The molecule has 0 radical (unpaired) electrons. The summed E-state index contributed by atoms with van der Waals surface area (Å²) in [5.74, 6) is 0. The molecule has 0 amide bonds. The fraction of sp³-hybridized carbons (Fsp3) is 0.364. The van der Waals surface area contributed by atoms with E-state index in [1.807, 2.05) is 67.5 Å². The van der Waals surface area contributed by atoms with Crippen molar-refractivity contribution in [3.8, 4) is 11.1 Å². The molecule has 5 aromatic carbocycles. The Kier molecular flexibility index (Phi) is 36.4. The van der Waals surface area contributed by atoms with Crippen LogP contribution in [0.3, 0.4) is 0 Å². The van der Waals surface area contributed by atoms with Gasteiger partial charge in [0.25, 0.3) is 0 Å². The van der Waals surface area contributed by atoms with Crippen molar-refractivity contribution < 1.29 is 0 Å². The van der Waals surface area contributed by atoms with Crippen LogP contribution in [-0.2, 0) is 19.3 Å². The topological polar surface area (TPSA) is 0 Å². The smallest absolute Gasteiger partial charge is 0.0152 e. The first-order chi connectivity index (χ1) is 20.7. The molecule has 44 heavy (non-hydrogen) atoms. The highest BCUT2D eigenvalue weighted by molar-refractivity contribution is 5.85. The second-order valence-corrected chi connectivity index (χ2v) is 8.25. The predicted molar refractivity (Wildman–Crippen MR) is 209 cm³/mol. The van der Waals surface area contributed by atoms with E-state index in [4.69, 9.17) is 0 Å². The van der Waals surface area contributed by atoms with Gasteiger partial charge in [-0.2, -0.15) is 0 Å². The number of fused-ring (bicyclic) bond motifs is 1. The third-order valence-electron chi connectivity index (χ3n) is 5.98. The molecular weight excluding hydrogens is 528 g/mol. The van der Waals surface area contributed by atoms with Crippen molar-refractivity contribution in [2.75, 3.05) is 0 Å². The van der Waals surface area contributed by atoms with E-state index in [0.29, 0.717) is 0 Å². The van der Waals surface area contributed by atoms with Crippen LogP contribution in [0.4, 0.5) is 0 Å². The van der Waals surface area contributed by atoms with Gasteiger partial charge >= 0.3 is 0 Å². The lowest BCUT2D eigenvalue weighted by atomic mass is 10.0. The van der Waals surface area contributed by atoms with Gasteiger partial charge in [-0.15, -0.1) is 0 Å². The molecule has 0 N–H and O–H groups in total. The summed E-state index contributed by atoms with van der Waals surface area (Å²) in [6.07, 6.45) is 3.36. The van der Waals surface area contributed by atoms with Gasteiger partial charge in [0, 0.05) is 0 Å². The van der Waals surface area contributed by atoms with E-state index in [-0.39, 0.29) is 14.9 Å². The first-order valence-corrected chi connectivity index (χ1v) is 16.4. The van der Waals surface area contributed by atoms with Crippen molar-refractivity contribution in [3.05, 3.63) is 144 Å². The molecule has 0 aliphatic carbocycles. The van der Waals surface area contributed by atoms with Crippen LogP contribution in [0.15, 0.2) is 127 Å². The van der Waals surface area contributed by atoms with Crippen LogP contribution < -0.4 is 0 Å². The number of hydrogen-bond donors (Lipinski definition) is 0. The van der Waals surface area contributed by atoms with Gasteiger partial charge in [-0.25, -0.2) is 0 Å². The predicted octanol–water partition coefficient (Wildman–Crippen LogP) is 14.9. The fourth-order valence-corrected chi connectivity index (χ4v) is 3.88. The zero-order chi connectivity index (χ0) is 32.0. The van der Waals surface area contributed by atoms with Crippen molar-refractivity contribution in [1.29, 1.82) is 0 Å². The Bertz CT molecular complexity index is 1210. The molecule has 0 bridgehead atoms. The molecule has 0 aliphatic rings. The lowest BCUT2D eigenvalue weighted by molar-refractivity contribution is 1.14. The van der Waals surface area contributed by atoms with Crippen LogP contribution >= 0.6 is 0 Å². The average molecular weight is 597 g/mol. The van der Waals surface area contributed by atoms with Crippen molar-refractivity contribution in [3.63, 3.8) is 0 Å². The summed E-state index contributed by atoms with van der Waals surface area (Å²) >= 11 is 0. The highest BCUT2D eigenvalue weighted by Crippen LogP contribution is 2.19. The number of aryl methyl sites for hydroxylation is 3. The van der Waals surface area contributed by atoms with E-state index in [2.05, 4.69) is 136 Å². The lowest BCUT2D eigenvalue weighted by Gasteiger charge is -2.02. The van der Waals surface area contributed by atoms with Gasteiger partial charge in [0.15, 0.2) is 0 Å². The highest BCUT2D eigenvalue weighted by atomic mass is 14.0. The minimum absolute atomic E-state index is 0. The minimum atomic E-state index is 0. The maximum absolute atomic E-state index is 2.20. The first-order valence-electron chi connectivity index (χ1n) is 16.4. The Balaban J connectivity index is -0.000000245. The molecule has 0 aromatic heterocycles. The Labute approximate surface area is 275 Å². The summed E-state index contributed by atoms with van der Waals surface area (Å²) in [4.78, 5) is 0. The molecule has 0 aliphatic heterocycles. The Morgan fingerprint density at radius 1 is 0.341 bits per heavy atom. The molecule has 0 saturated carbocycles. The van der Waals surface area contributed by atoms with E-state index >= 15 is 0 Å². The van der Waals surface area contributed by atoms with Gasteiger partial charge in [-0.05, 0) is 57.9 Å². The molecule has 0 atom stereocenters. The SMILES string of the molecule is C.C.CC.CC.CC.CC.CCc1ccc(-c2ccccc2)cc1.CCc1cccc2ccccc12.CCc1ccccc1. The van der Waals surface area contributed by atoms with Gasteiger partial charge in [-0.1, -0.05) is 218 Å². The molecule has 0 heterocycles. The third kappa shape index (κ3) is 18.8. The van der Waals surface area contributed by atoms with E-state index in [9.17, 15) is 0 Å². The summed E-state index contributed by atoms with van der Waals surface area (Å²) in [5, 5.41) is 2.74. The van der Waals surface area contributed by atoms with Crippen LogP contribution in [0.2, 0.25) is 0 Å². The summed E-state index contributed by atoms with van der Waals surface area (Å²) in [6.45, 7) is 22.5. The second-order valence-electron chi connectivity index (χ2n) is 8.25. The third-order valence-corrected chi connectivity index (χ3v) is 5.98. The zero-order valence-electron chi connectivity index (χ0n) is 28.7. The maximum atomic E-state index is 2.20. The Morgan fingerprint density at radius 2 is 0.727 bits per heavy atom. The van der Waals surface area contributed by atoms with Crippen LogP contribution in [0.25, 0.3) is 21.9 Å². The van der Waals surface area contributed by atoms with Crippen molar-refractivity contribution in [2.45, 2.75) is 110 Å². The van der Waals surface area contributed by atoms with Gasteiger partial charge in [0.2, 0.25) is 0 Å². The molecule has 0 nitrogen and oxygen atoms in total. The molecule has 0 spiro atoms. The van der Waals surface area contributed by atoms with Gasteiger partial charge < -0.3 is 0 Å². The molecule has 0 heteroatoms. The van der Waals surface area contributed by atoms with E-state index < -0.39 is 0 Å². The Morgan fingerprint density at radius 3 is 1.18 bits per heavy atom. The fourth-order valence-electron chi connectivity index (χ4n) is 3.88. The largest absolute Gasteiger partial charge is 0.0776 e. The summed E-state index contributed by atoms with van der Waals surface area (Å²) in [5.41, 5.74) is 6.82. The molecular formula is C44H68. The normalized spacial score (nSPS) is 8.25. The monoisotopic (exact) mass is 597 g/mol. The highest BCUT2D eigenvalue weighted by Gasteiger charge is 1.96. The quantitative estimate of drug-likeness (QED) is 0.194. The average Bonchev–Trinajstić information content (AvgIpc) is 3.13. The van der Waals surface area contributed by atoms with Crippen LogP contribution in [0.5, 0.6) is 0 Å². The number of hydrogen-bond acceptors (Lipinski definition) is 0. The number of benzene rings is 5. The van der Waals surface area contributed by atoms with E-state index in [1.165, 1.54) is 38.6 Å². The minimum Gasteiger partial charge on any atom is -0.0776 e. The maximum Gasteiger partial charge on any atom is -0.0152 e. The Hall–Kier alpha value is -3.64. The zero-order valence-corrected chi connectivity index (χ0v) is 28.7.